The molecule has 1 aromatic heterocycles. The van der Waals surface area contributed by atoms with Gasteiger partial charge in [0, 0.05) is 33.9 Å². The smallest absolute Gasteiger partial charge is 0.107 e. The van der Waals surface area contributed by atoms with Crippen molar-refractivity contribution in [2.45, 2.75) is 23.5 Å². The van der Waals surface area contributed by atoms with E-state index in [4.69, 9.17) is 0 Å². The van der Waals surface area contributed by atoms with Gasteiger partial charge in [-0.1, -0.05) is 6.92 Å². The Morgan fingerprint density at radius 2 is 2.29 bits per heavy atom. The number of H-pyrrole nitrogens is 1. The molecule has 0 radical (unpaired) electrons. The average molecular weight is 229 g/mol. The molecular formula is C10H15NOS2. The molecule has 0 aromatic carbocycles. The van der Waals surface area contributed by atoms with Gasteiger partial charge in [-0.05, 0) is 12.1 Å². The maximum Gasteiger partial charge on any atom is 0.107 e. The molecule has 2 heterocycles. The number of aromatic nitrogens is 1. The molecule has 2 nitrogen and oxygen atoms in total. The highest BCUT2D eigenvalue weighted by Crippen LogP contribution is 2.37. The van der Waals surface area contributed by atoms with Crippen molar-refractivity contribution in [3.63, 3.8) is 0 Å². The van der Waals surface area contributed by atoms with E-state index in [1.807, 2.05) is 41.9 Å². The third-order valence-corrected chi connectivity index (χ3v) is 5.67. The minimum absolute atomic E-state index is 0.326. The average Bonchev–Trinajstić information content (AvgIpc) is 2.70. The van der Waals surface area contributed by atoms with Gasteiger partial charge >= 0.3 is 0 Å². The first-order valence-electron chi connectivity index (χ1n) is 4.83. The van der Waals surface area contributed by atoms with E-state index in [0.29, 0.717) is 10.5 Å². The molecule has 0 aliphatic carbocycles. The second kappa shape index (κ2) is 4.64. The molecule has 3 unspecified atom stereocenters. The minimum Gasteiger partial charge on any atom is -0.386 e. The van der Waals surface area contributed by atoms with Gasteiger partial charge in [-0.25, -0.2) is 0 Å². The number of aromatic amines is 1. The Morgan fingerprint density at radius 3 is 2.93 bits per heavy atom. The fourth-order valence-corrected chi connectivity index (χ4v) is 4.53. The SMILES string of the molecule is CC1SCCSC1C(O)c1ccc[nH]1. The second-order valence-electron chi connectivity index (χ2n) is 3.48. The zero-order chi connectivity index (χ0) is 9.97. The van der Waals surface area contributed by atoms with Crippen LogP contribution in [0, 0.1) is 0 Å². The number of hydrogen-bond acceptors (Lipinski definition) is 3. The fourth-order valence-electron chi connectivity index (χ4n) is 1.70. The summed E-state index contributed by atoms with van der Waals surface area (Å²) < 4.78 is 0. The van der Waals surface area contributed by atoms with Crippen molar-refractivity contribution >= 4 is 23.5 Å². The number of hydrogen-bond donors (Lipinski definition) is 2. The molecular weight excluding hydrogens is 214 g/mol. The van der Waals surface area contributed by atoms with Crippen LogP contribution in [0.2, 0.25) is 0 Å². The van der Waals surface area contributed by atoms with Crippen molar-refractivity contribution in [1.29, 1.82) is 0 Å². The predicted octanol–water partition coefficient (Wildman–Crippen LogP) is 2.29. The number of rotatable bonds is 2. The molecule has 78 valence electrons. The molecule has 0 amide bonds. The molecule has 2 rings (SSSR count). The highest BCUT2D eigenvalue weighted by Gasteiger charge is 2.30. The summed E-state index contributed by atoms with van der Waals surface area (Å²) in [5.41, 5.74) is 0.942. The molecule has 0 saturated carbocycles. The van der Waals surface area contributed by atoms with Gasteiger partial charge in [0.1, 0.15) is 6.10 Å². The summed E-state index contributed by atoms with van der Waals surface area (Å²) in [4.78, 5) is 3.08. The van der Waals surface area contributed by atoms with Gasteiger partial charge in [0.2, 0.25) is 0 Å². The van der Waals surface area contributed by atoms with Crippen LogP contribution >= 0.6 is 23.5 Å². The van der Waals surface area contributed by atoms with Crippen LogP contribution in [0.15, 0.2) is 18.3 Å². The summed E-state index contributed by atoms with van der Waals surface area (Å²) in [6, 6.07) is 3.89. The van der Waals surface area contributed by atoms with Crippen LogP contribution in [0.4, 0.5) is 0 Å². The number of aliphatic hydroxyl groups is 1. The van der Waals surface area contributed by atoms with Crippen LogP contribution in [0.3, 0.4) is 0 Å². The summed E-state index contributed by atoms with van der Waals surface area (Å²) in [6.07, 6.45) is 1.52. The lowest BCUT2D eigenvalue weighted by atomic mass is 10.1. The van der Waals surface area contributed by atoms with Crippen LogP contribution in [0.1, 0.15) is 18.7 Å². The van der Waals surface area contributed by atoms with E-state index >= 15 is 0 Å². The molecule has 1 saturated heterocycles. The van der Waals surface area contributed by atoms with E-state index in [1.165, 1.54) is 5.75 Å². The lowest BCUT2D eigenvalue weighted by Gasteiger charge is -2.31. The third-order valence-electron chi connectivity index (χ3n) is 2.49. The summed E-state index contributed by atoms with van der Waals surface area (Å²) in [7, 11) is 0. The van der Waals surface area contributed by atoms with Gasteiger partial charge in [0.15, 0.2) is 0 Å². The monoisotopic (exact) mass is 229 g/mol. The standard InChI is InChI=1S/C10H15NOS2/c1-7-10(14-6-5-13-7)9(12)8-3-2-4-11-8/h2-4,7,9-12H,5-6H2,1H3. The van der Waals surface area contributed by atoms with Gasteiger partial charge < -0.3 is 10.1 Å². The molecule has 0 spiro atoms. The Bertz CT molecular complexity index is 276. The van der Waals surface area contributed by atoms with E-state index in [2.05, 4.69) is 11.9 Å². The summed E-state index contributed by atoms with van der Waals surface area (Å²) in [6.45, 7) is 2.20. The van der Waals surface area contributed by atoms with Crippen molar-refractivity contribution < 1.29 is 5.11 Å². The molecule has 2 N–H and O–H groups in total. The summed E-state index contributed by atoms with van der Waals surface area (Å²) in [5, 5.41) is 11.0. The molecule has 1 fully saturated rings. The zero-order valence-corrected chi connectivity index (χ0v) is 9.78. The molecule has 0 bridgehead atoms. The molecule has 14 heavy (non-hydrogen) atoms. The van der Waals surface area contributed by atoms with E-state index in [-0.39, 0.29) is 6.10 Å². The van der Waals surface area contributed by atoms with Crippen LogP contribution in [0.5, 0.6) is 0 Å². The molecule has 4 heteroatoms. The fraction of sp³-hybridized carbons (Fsp3) is 0.600. The van der Waals surface area contributed by atoms with Crippen molar-refractivity contribution in [3.05, 3.63) is 24.0 Å². The van der Waals surface area contributed by atoms with Gasteiger partial charge in [0.05, 0.1) is 0 Å². The van der Waals surface area contributed by atoms with Gasteiger partial charge in [0.25, 0.3) is 0 Å². The van der Waals surface area contributed by atoms with Crippen LogP contribution < -0.4 is 0 Å². The van der Waals surface area contributed by atoms with E-state index < -0.39 is 0 Å². The molecule has 3 atom stereocenters. The normalized spacial score (nSPS) is 30.1. The Labute approximate surface area is 92.9 Å². The first-order valence-corrected chi connectivity index (χ1v) is 6.93. The Morgan fingerprint density at radius 1 is 1.50 bits per heavy atom. The Hall–Kier alpha value is -0.0600. The maximum atomic E-state index is 10.1. The molecule has 1 aliphatic heterocycles. The van der Waals surface area contributed by atoms with Crippen LogP contribution in [-0.2, 0) is 0 Å². The van der Waals surface area contributed by atoms with E-state index in [9.17, 15) is 5.11 Å². The number of thioether (sulfide) groups is 2. The van der Waals surface area contributed by atoms with Crippen LogP contribution in [-0.4, -0.2) is 32.1 Å². The lowest BCUT2D eigenvalue weighted by Crippen LogP contribution is -2.29. The van der Waals surface area contributed by atoms with Gasteiger partial charge in [-0.15, -0.1) is 0 Å². The van der Waals surface area contributed by atoms with Gasteiger partial charge in [-0.3, -0.25) is 0 Å². The van der Waals surface area contributed by atoms with Crippen molar-refractivity contribution in [1.82, 2.24) is 4.98 Å². The largest absolute Gasteiger partial charge is 0.386 e. The predicted molar refractivity (Wildman–Crippen MR) is 63.9 cm³/mol. The summed E-state index contributed by atoms with van der Waals surface area (Å²) in [5.74, 6) is 2.36. The van der Waals surface area contributed by atoms with Crippen molar-refractivity contribution in [3.8, 4) is 0 Å². The molecule has 1 aromatic rings. The topological polar surface area (TPSA) is 36.0 Å². The third kappa shape index (κ3) is 2.12. The maximum absolute atomic E-state index is 10.1. The Kier molecular flexibility index (Phi) is 3.47. The van der Waals surface area contributed by atoms with E-state index in [1.54, 1.807) is 0 Å². The van der Waals surface area contributed by atoms with Crippen molar-refractivity contribution in [2.75, 3.05) is 11.5 Å². The highest BCUT2D eigenvalue weighted by atomic mass is 32.2. The van der Waals surface area contributed by atoms with E-state index in [0.717, 1.165) is 11.4 Å². The highest BCUT2D eigenvalue weighted by molar-refractivity contribution is 8.07. The van der Waals surface area contributed by atoms with Crippen molar-refractivity contribution in [2.24, 2.45) is 0 Å². The lowest BCUT2D eigenvalue weighted by molar-refractivity contribution is 0.170. The molecule has 1 aliphatic rings. The number of aliphatic hydroxyl groups excluding tert-OH is 1. The zero-order valence-electron chi connectivity index (χ0n) is 8.14. The first-order chi connectivity index (χ1) is 6.79. The minimum atomic E-state index is -0.349. The summed E-state index contributed by atoms with van der Waals surface area (Å²) >= 11 is 3.84. The number of nitrogens with one attached hydrogen (secondary N) is 1. The first kappa shape index (κ1) is 10.5. The second-order valence-corrected chi connectivity index (χ2v) is 6.25. The van der Waals surface area contributed by atoms with Gasteiger partial charge in [-0.2, -0.15) is 23.5 Å². The quantitative estimate of drug-likeness (QED) is 0.817. The van der Waals surface area contributed by atoms with Crippen LogP contribution in [0.25, 0.3) is 0 Å². The Balaban J connectivity index is 2.06.